The van der Waals surface area contributed by atoms with E-state index in [1.54, 1.807) is 45.9 Å². The van der Waals surface area contributed by atoms with Gasteiger partial charge in [0, 0.05) is 5.56 Å². The third-order valence-corrected chi connectivity index (χ3v) is 4.21. The molecule has 1 atom stereocenters. The first kappa shape index (κ1) is 18.5. The lowest BCUT2D eigenvalue weighted by Gasteiger charge is -2.34. The van der Waals surface area contributed by atoms with E-state index in [0.717, 1.165) is 5.56 Å². The zero-order chi connectivity index (χ0) is 18.0. The first-order valence-electron chi connectivity index (χ1n) is 8.40. The molecule has 0 amide bonds. The van der Waals surface area contributed by atoms with Crippen molar-refractivity contribution in [2.75, 3.05) is 6.61 Å². The zero-order valence-corrected chi connectivity index (χ0v) is 14.8. The van der Waals surface area contributed by atoms with E-state index < -0.39 is 17.0 Å². The van der Waals surface area contributed by atoms with E-state index >= 15 is 0 Å². The second kappa shape index (κ2) is 6.93. The molecular formula is C19H26O5. The average Bonchev–Trinajstić information content (AvgIpc) is 2.47. The van der Waals surface area contributed by atoms with Crippen LogP contribution >= 0.6 is 0 Å². The fourth-order valence-corrected chi connectivity index (χ4v) is 2.93. The van der Waals surface area contributed by atoms with Gasteiger partial charge < -0.3 is 14.6 Å². The van der Waals surface area contributed by atoms with Gasteiger partial charge in [-0.05, 0) is 58.6 Å². The predicted molar refractivity (Wildman–Crippen MR) is 89.6 cm³/mol. The van der Waals surface area contributed by atoms with E-state index in [2.05, 4.69) is 0 Å². The monoisotopic (exact) mass is 334 g/mol. The Hall–Kier alpha value is -1.88. The molecule has 2 rings (SSSR count). The van der Waals surface area contributed by atoms with Gasteiger partial charge in [-0.25, -0.2) is 0 Å². The maximum atomic E-state index is 12.2. The van der Waals surface area contributed by atoms with Gasteiger partial charge in [-0.3, -0.25) is 9.59 Å². The molecule has 0 fully saturated rings. The SMILES string of the molecule is CCOC(=O)CC1(O)CCCc2c(OC(=O)C(C)(C)C)cccc21. The third-order valence-electron chi connectivity index (χ3n) is 4.21. The lowest BCUT2D eigenvalue weighted by Crippen LogP contribution is -2.34. The third kappa shape index (κ3) is 3.96. The normalized spacial score (nSPS) is 20.2. The molecule has 132 valence electrons. The Morgan fingerprint density at radius 2 is 2.00 bits per heavy atom. The molecule has 24 heavy (non-hydrogen) atoms. The molecule has 1 aliphatic rings. The van der Waals surface area contributed by atoms with E-state index in [-0.39, 0.29) is 19.0 Å². The molecule has 0 saturated heterocycles. The molecule has 5 heteroatoms. The Morgan fingerprint density at radius 1 is 1.29 bits per heavy atom. The van der Waals surface area contributed by atoms with Crippen molar-refractivity contribution in [2.45, 2.75) is 59.0 Å². The van der Waals surface area contributed by atoms with Gasteiger partial charge in [-0.1, -0.05) is 12.1 Å². The minimum Gasteiger partial charge on any atom is -0.466 e. The number of carbonyl (C=O) groups excluding carboxylic acids is 2. The Bertz CT molecular complexity index is 629. The first-order chi connectivity index (χ1) is 11.2. The van der Waals surface area contributed by atoms with E-state index in [0.29, 0.717) is 30.6 Å². The molecule has 1 aliphatic carbocycles. The van der Waals surface area contributed by atoms with Crippen molar-refractivity contribution in [1.29, 1.82) is 0 Å². The Labute approximate surface area is 143 Å². The number of carbonyl (C=O) groups is 2. The quantitative estimate of drug-likeness (QED) is 0.676. The minimum atomic E-state index is -1.27. The van der Waals surface area contributed by atoms with E-state index in [4.69, 9.17) is 9.47 Å². The summed E-state index contributed by atoms with van der Waals surface area (Å²) in [6, 6.07) is 5.27. The van der Waals surface area contributed by atoms with E-state index in [1.165, 1.54) is 0 Å². The topological polar surface area (TPSA) is 72.8 Å². The molecule has 1 unspecified atom stereocenters. The second-order valence-corrected chi connectivity index (χ2v) is 7.29. The summed E-state index contributed by atoms with van der Waals surface area (Å²) in [6.07, 6.45) is 1.81. The number of hydrogen-bond donors (Lipinski definition) is 1. The number of hydrogen-bond acceptors (Lipinski definition) is 5. The van der Waals surface area contributed by atoms with Crippen LogP contribution in [-0.4, -0.2) is 23.7 Å². The fourth-order valence-electron chi connectivity index (χ4n) is 2.93. The van der Waals surface area contributed by atoms with Crippen LogP contribution in [0.1, 0.15) is 58.1 Å². The molecule has 0 spiro atoms. The summed E-state index contributed by atoms with van der Waals surface area (Å²) in [7, 11) is 0. The standard InChI is InChI=1S/C19H26O5/c1-5-23-16(20)12-19(22)11-7-8-13-14(19)9-6-10-15(13)24-17(21)18(2,3)4/h6,9-10,22H,5,7-8,11-12H2,1-4H3. The fraction of sp³-hybridized carbons (Fsp3) is 0.579. The van der Waals surface area contributed by atoms with Gasteiger partial charge in [-0.15, -0.1) is 0 Å². The van der Waals surface area contributed by atoms with Gasteiger partial charge in [0.2, 0.25) is 0 Å². The van der Waals surface area contributed by atoms with Gasteiger partial charge >= 0.3 is 11.9 Å². The first-order valence-corrected chi connectivity index (χ1v) is 8.40. The van der Waals surface area contributed by atoms with E-state index in [9.17, 15) is 14.7 Å². The van der Waals surface area contributed by atoms with Crippen molar-refractivity contribution in [3.8, 4) is 5.75 Å². The molecule has 0 saturated carbocycles. The van der Waals surface area contributed by atoms with Crippen LogP contribution in [-0.2, 0) is 26.3 Å². The molecule has 1 aromatic rings. The summed E-state index contributed by atoms with van der Waals surface area (Å²) in [4.78, 5) is 24.0. The summed E-state index contributed by atoms with van der Waals surface area (Å²) >= 11 is 0. The molecule has 0 heterocycles. The summed E-state index contributed by atoms with van der Waals surface area (Å²) in [5, 5.41) is 11.0. The maximum absolute atomic E-state index is 12.2. The highest BCUT2D eigenvalue weighted by Crippen LogP contribution is 2.42. The largest absolute Gasteiger partial charge is 0.466 e. The number of ether oxygens (including phenoxy) is 2. The maximum Gasteiger partial charge on any atom is 0.316 e. The zero-order valence-electron chi connectivity index (χ0n) is 14.8. The van der Waals surface area contributed by atoms with Crippen molar-refractivity contribution in [3.05, 3.63) is 29.3 Å². The van der Waals surface area contributed by atoms with Crippen molar-refractivity contribution in [1.82, 2.24) is 0 Å². The van der Waals surface area contributed by atoms with Crippen LogP contribution in [0.3, 0.4) is 0 Å². The number of aliphatic hydroxyl groups is 1. The van der Waals surface area contributed by atoms with Crippen molar-refractivity contribution in [3.63, 3.8) is 0 Å². The number of benzene rings is 1. The van der Waals surface area contributed by atoms with E-state index in [1.807, 2.05) is 0 Å². The van der Waals surface area contributed by atoms with Crippen LogP contribution in [0.2, 0.25) is 0 Å². The second-order valence-electron chi connectivity index (χ2n) is 7.29. The van der Waals surface area contributed by atoms with Gasteiger partial charge in [0.15, 0.2) is 0 Å². The Balaban J connectivity index is 2.33. The summed E-state index contributed by atoms with van der Waals surface area (Å²) in [5.74, 6) is -0.283. The molecule has 5 nitrogen and oxygen atoms in total. The van der Waals surface area contributed by atoms with Crippen LogP contribution in [0.25, 0.3) is 0 Å². The molecule has 1 aromatic carbocycles. The van der Waals surface area contributed by atoms with Gasteiger partial charge in [-0.2, -0.15) is 0 Å². The number of rotatable bonds is 4. The highest BCUT2D eigenvalue weighted by molar-refractivity contribution is 5.78. The summed E-state index contributed by atoms with van der Waals surface area (Å²) in [6.45, 7) is 7.40. The van der Waals surface area contributed by atoms with Gasteiger partial charge in [0.05, 0.1) is 18.4 Å². The smallest absolute Gasteiger partial charge is 0.316 e. The van der Waals surface area contributed by atoms with Gasteiger partial charge in [0.25, 0.3) is 0 Å². The van der Waals surface area contributed by atoms with Crippen LogP contribution in [0.15, 0.2) is 18.2 Å². The molecule has 0 radical (unpaired) electrons. The highest BCUT2D eigenvalue weighted by atomic mass is 16.5. The number of esters is 2. The number of fused-ring (bicyclic) bond motifs is 1. The van der Waals surface area contributed by atoms with Gasteiger partial charge in [0.1, 0.15) is 11.4 Å². The van der Waals surface area contributed by atoms with Crippen LogP contribution in [0, 0.1) is 5.41 Å². The molecule has 0 bridgehead atoms. The molecule has 0 aliphatic heterocycles. The average molecular weight is 334 g/mol. The summed E-state index contributed by atoms with van der Waals surface area (Å²) in [5.41, 5.74) is -0.433. The Kier molecular flexibility index (Phi) is 5.33. The van der Waals surface area contributed by atoms with Crippen LogP contribution in [0.4, 0.5) is 0 Å². The Morgan fingerprint density at radius 3 is 2.62 bits per heavy atom. The van der Waals surface area contributed by atoms with Crippen molar-refractivity contribution >= 4 is 11.9 Å². The predicted octanol–water partition coefficient (Wildman–Crippen LogP) is 3.12. The summed E-state index contributed by atoms with van der Waals surface area (Å²) < 4.78 is 10.5. The molecule has 0 aromatic heterocycles. The van der Waals surface area contributed by atoms with Crippen LogP contribution in [0.5, 0.6) is 5.75 Å². The minimum absolute atomic E-state index is 0.0927. The van der Waals surface area contributed by atoms with Crippen molar-refractivity contribution < 1.29 is 24.2 Å². The molecular weight excluding hydrogens is 308 g/mol. The lowest BCUT2D eigenvalue weighted by molar-refractivity contribution is -0.150. The molecule has 1 N–H and O–H groups in total. The highest BCUT2D eigenvalue weighted by Gasteiger charge is 2.38. The van der Waals surface area contributed by atoms with Crippen molar-refractivity contribution in [2.24, 2.45) is 5.41 Å². The van der Waals surface area contributed by atoms with Crippen LogP contribution < -0.4 is 4.74 Å². The lowest BCUT2D eigenvalue weighted by atomic mass is 9.77.